The van der Waals surface area contributed by atoms with Gasteiger partial charge >= 0.3 is 0 Å². The topological polar surface area (TPSA) is 138 Å². The van der Waals surface area contributed by atoms with Gasteiger partial charge < -0.3 is 30.1 Å². The van der Waals surface area contributed by atoms with E-state index in [1.54, 1.807) is 31.4 Å². The maximum atomic E-state index is 13.4. The number of carbonyl (C=O) groups is 1. The van der Waals surface area contributed by atoms with E-state index < -0.39 is 5.82 Å². The highest BCUT2D eigenvalue weighted by Crippen LogP contribution is 2.35. The Kier molecular flexibility index (Phi) is 8.44. The van der Waals surface area contributed by atoms with E-state index in [0.29, 0.717) is 65.1 Å². The molecule has 2 aromatic carbocycles. The van der Waals surface area contributed by atoms with Gasteiger partial charge in [0.25, 0.3) is 0 Å². The Morgan fingerprint density at radius 1 is 1.19 bits per heavy atom. The number of methoxy groups -OCH3 is 1. The molecule has 2 aromatic heterocycles. The zero-order valence-electron chi connectivity index (χ0n) is 20.5. The number of hydrogen-bond acceptors (Lipinski definition) is 9. The number of aliphatic hydroxyl groups is 1. The van der Waals surface area contributed by atoms with E-state index in [1.165, 1.54) is 24.5 Å². The fourth-order valence-electron chi connectivity index (χ4n) is 3.63. The Morgan fingerprint density at radius 3 is 2.84 bits per heavy atom. The average molecular weight is 510 g/mol. The molecule has 12 heteroatoms. The minimum Gasteiger partial charge on any atom is -0.497 e. The number of anilines is 3. The molecule has 0 spiro atoms. The molecular weight excluding hydrogens is 481 g/mol. The number of aromatic amines is 1. The Morgan fingerprint density at radius 2 is 2.05 bits per heavy atom. The van der Waals surface area contributed by atoms with Crippen LogP contribution in [-0.2, 0) is 11.2 Å². The van der Waals surface area contributed by atoms with Crippen molar-refractivity contribution in [2.45, 2.75) is 6.42 Å². The molecule has 4 rings (SSSR count). The molecular formula is C25H28FN7O4. The van der Waals surface area contributed by atoms with Gasteiger partial charge in [0, 0.05) is 42.7 Å². The largest absolute Gasteiger partial charge is 0.497 e. The second-order valence-electron chi connectivity index (χ2n) is 8.26. The van der Waals surface area contributed by atoms with Crippen LogP contribution >= 0.6 is 0 Å². The number of ether oxygens (including phenoxy) is 2. The van der Waals surface area contributed by atoms with Crippen LogP contribution in [0.4, 0.5) is 21.7 Å². The second kappa shape index (κ2) is 12.1. The first-order chi connectivity index (χ1) is 17.9. The van der Waals surface area contributed by atoms with Crippen LogP contribution in [-0.4, -0.2) is 76.5 Å². The van der Waals surface area contributed by atoms with Crippen molar-refractivity contribution >= 4 is 34.1 Å². The molecule has 4 aromatic rings. The lowest BCUT2D eigenvalue weighted by Crippen LogP contribution is -2.27. The Bertz CT molecular complexity index is 1360. The lowest BCUT2D eigenvalue weighted by atomic mass is 10.2. The number of aromatic nitrogens is 4. The summed E-state index contributed by atoms with van der Waals surface area (Å²) in [5, 5.41) is 22.6. The van der Waals surface area contributed by atoms with Crippen LogP contribution in [0.3, 0.4) is 0 Å². The summed E-state index contributed by atoms with van der Waals surface area (Å²) in [6, 6.07) is 10.9. The Labute approximate surface area is 212 Å². The van der Waals surface area contributed by atoms with Crippen LogP contribution in [0.1, 0.15) is 5.69 Å². The van der Waals surface area contributed by atoms with Crippen molar-refractivity contribution in [2.75, 3.05) is 51.1 Å². The third kappa shape index (κ3) is 6.90. The van der Waals surface area contributed by atoms with Gasteiger partial charge in [-0.2, -0.15) is 5.10 Å². The number of halogens is 1. The smallest absolute Gasteiger partial charge is 0.230 e. The number of nitrogens with zero attached hydrogens (tertiary/aromatic N) is 4. The highest BCUT2D eigenvalue weighted by Gasteiger charge is 2.15. The van der Waals surface area contributed by atoms with Crippen molar-refractivity contribution in [3.63, 3.8) is 0 Å². The first kappa shape index (κ1) is 25.8. The van der Waals surface area contributed by atoms with Crippen molar-refractivity contribution in [1.29, 1.82) is 0 Å². The number of aliphatic hydroxyl groups excluding tert-OH is 1. The van der Waals surface area contributed by atoms with E-state index in [-0.39, 0.29) is 18.9 Å². The Hall–Kier alpha value is -4.29. The maximum absolute atomic E-state index is 13.4. The SMILES string of the molecule is COc1cc(OCCN(C)CCO)c2c(Nc3cc(CC(=O)Nc4cccc(F)c4)[nH]n3)ncnc2c1. The highest BCUT2D eigenvalue weighted by atomic mass is 19.1. The van der Waals surface area contributed by atoms with Gasteiger partial charge in [0.1, 0.15) is 36.1 Å². The molecule has 0 aliphatic carbocycles. The number of nitrogens with one attached hydrogen (secondary N) is 3. The molecule has 0 aliphatic heterocycles. The third-order valence-corrected chi connectivity index (χ3v) is 5.46. The van der Waals surface area contributed by atoms with Gasteiger partial charge in [0.05, 0.1) is 31.0 Å². The Balaban J connectivity index is 1.50. The summed E-state index contributed by atoms with van der Waals surface area (Å²) in [4.78, 5) is 23.0. The quantitative estimate of drug-likeness (QED) is 0.227. The minimum atomic E-state index is -0.430. The van der Waals surface area contributed by atoms with E-state index in [9.17, 15) is 9.18 Å². The van der Waals surface area contributed by atoms with Crippen LogP contribution in [0.15, 0.2) is 48.8 Å². The summed E-state index contributed by atoms with van der Waals surface area (Å²) in [7, 11) is 3.46. The number of rotatable bonds is 12. The van der Waals surface area contributed by atoms with Crippen molar-refractivity contribution in [2.24, 2.45) is 0 Å². The van der Waals surface area contributed by atoms with Crippen molar-refractivity contribution in [1.82, 2.24) is 25.1 Å². The lowest BCUT2D eigenvalue weighted by Gasteiger charge is -2.17. The molecule has 0 unspecified atom stereocenters. The molecule has 0 radical (unpaired) electrons. The van der Waals surface area contributed by atoms with E-state index >= 15 is 0 Å². The van der Waals surface area contributed by atoms with Gasteiger partial charge in [-0.3, -0.25) is 9.89 Å². The molecule has 2 heterocycles. The zero-order valence-corrected chi connectivity index (χ0v) is 20.5. The molecule has 0 atom stereocenters. The molecule has 11 nitrogen and oxygen atoms in total. The maximum Gasteiger partial charge on any atom is 0.230 e. The summed E-state index contributed by atoms with van der Waals surface area (Å²) >= 11 is 0. The van der Waals surface area contributed by atoms with Crippen LogP contribution < -0.4 is 20.1 Å². The van der Waals surface area contributed by atoms with Gasteiger partial charge in [0.15, 0.2) is 5.82 Å². The van der Waals surface area contributed by atoms with Gasteiger partial charge in [-0.25, -0.2) is 14.4 Å². The predicted molar refractivity (Wildman–Crippen MR) is 137 cm³/mol. The average Bonchev–Trinajstić information content (AvgIpc) is 3.30. The van der Waals surface area contributed by atoms with Crippen LogP contribution in [0.25, 0.3) is 10.9 Å². The highest BCUT2D eigenvalue weighted by molar-refractivity contribution is 5.96. The molecule has 4 N–H and O–H groups in total. The molecule has 0 bridgehead atoms. The van der Waals surface area contributed by atoms with E-state index in [0.717, 1.165) is 0 Å². The number of hydrogen-bond donors (Lipinski definition) is 4. The van der Waals surface area contributed by atoms with E-state index in [4.69, 9.17) is 14.6 Å². The van der Waals surface area contributed by atoms with Gasteiger partial charge in [0.2, 0.25) is 5.91 Å². The number of amides is 1. The third-order valence-electron chi connectivity index (χ3n) is 5.46. The number of carbonyl (C=O) groups excluding carboxylic acids is 1. The van der Waals surface area contributed by atoms with Gasteiger partial charge in [-0.15, -0.1) is 0 Å². The lowest BCUT2D eigenvalue weighted by molar-refractivity contribution is -0.115. The van der Waals surface area contributed by atoms with Crippen LogP contribution in [0.5, 0.6) is 11.5 Å². The second-order valence-corrected chi connectivity index (χ2v) is 8.26. The molecule has 0 aliphatic rings. The summed E-state index contributed by atoms with van der Waals surface area (Å²) in [6.45, 7) is 1.59. The normalized spacial score (nSPS) is 11.1. The molecule has 0 saturated carbocycles. The molecule has 194 valence electrons. The van der Waals surface area contributed by atoms with Crippen molar-refractivity contribution in [3.05, 3.63) is 60.3 Å². The molecule has 0 saturated heterocycles. The summed E-state index contributed by atoms with van der Waals surface area (Å²) in [6.07, 6.45) is 1.44. The standard InChI is InChI=1S/C25H28FN7O4/c1-33(6-8-34)7-9-37-21-14-19(36-2)13-20-24(21)25(28-15-27-20)30-22-11-18(31-32-22)12-23(35)29-17-5-3-4-16(26)10-17/h3-5,10-11,13-15,34H,6-9,12H2,1-2H3,(H,29,35)(H2,27,28,30,31,32). The molecule has 0 fully saturated rings. The van der Waals surface area contributed by atoms with Crippen molar-refractivity contribution < 1.29 is 23.8 Å². The number of fused-ring (bicyclic) bond motifs is 1. The van der Waals surface area contributed by atoms with E-state index in [1.807, 2.05) is 11.9 Å². The fraction of sp³-hybridized carbons (Fsp3) is 0.280. The summed E-state index contributed by atoms with van der Waals surface area (Å²) in [5.41, 5.74) is 1.54. The number of likely N-dealkylation sites (N-methyl/N-ethyl adjacent to an activating group) is 1. The monoisotopic (exact) mass is 509 g/mol. The van der Waals surface area contributed by atoms with Crippen LogP contribution in [0.2, 0.25) is 0 Å². The first-order valence-corrected chi connectivity index (χ1v) is 11.6. The molecule has 37 heavy (non-hydrogen) atoms. The van der Waals surface area contributed by atoms with Gasteiger partial charge in [-0.1, -0.05) is 6.07 Å². The fourth-order valence-corrected chi connectivity index (χ4v) is 3.63. The van der Waals surface area contributed by atoms with Gasteiger partial charge in [-0.05, 0) is 25.2 Å². The minimum absolute atomic E-state index is 0.0165. The van der Waals surface area contributed by atoms with Crippen LogP contribution in [0, 0.1) is 5.82 Å². The zero-order chi connectivity index (χ0) is 26.2. The summed E-state index contributed by atoms with van der Waals surface area (Å²) in [5.74, 6) is 1.28. The number of H-pyrrole nitrogens is 1. The summed E-state index contributed by atoms with van der Waals surface area (Å²) < 4.78 is 24.8. The number of benzene rings is 2. The predicted octanol–water partition coefficient (Wildman–Crippen LogP) is 2.73. The van der Waals surface area contributed by atoms with Crippen molar-refractivity contribution in [3.8, 4) is 11.5 Å². The van der Waals surface area contributed by atoms with E-state index in [2.05, 4.69) is 30.8 Å². The first-order valence-electron chi connectivity index (χ1n) is 11.6. The molecule has 1 amide bonds.